The molecule has 0 amide bonds. The van der Waals surface area contributed by atoms with Crippen LogP contribution in [0.4, 0.5) is 4.39 Å². The van der Waals surface area contributed by atoms with E-state index in [1.54, 1.807) is 13.2 Å². The average molecular weight is 253 g/mol. The van der Waals surface area contributed by atoms with Crippen molar-refractivity contribution in [3.05, 3.63) is 35.6 Å². The van der Waals surface area contributed by atoms with Crippen LogP contribution in [0.25, 0.3) is 0 Å². The second-order valence-corrected chi connectivity index (χ2v) is 4.72. The van der Waals surface area contributed by atoms with E-state index in [2.05, 4.69) is 19.2 Å². The van der Waals surface area contributed by atoms with Gasteiger partial charge in [0.05, 0.1) is 0 Å². The molecule has 2 nitrogen and oxygen atoms in total. The Kier molecular flexibility index (Phi) is 6.91. The van der Waals surface area contributed by atoms with Crippen molar-refractivity contribution in [1.29, 1.82) is 0 Å². The van der Waals surface area contributed by atoms with E-state index in [-0.39, 0.29) is 5.82 Å². The van der Waals surface area contributed by atoms with Crippen LogP contribution in [-0.4, -0.2) is 26.3 Å². The van der Waals surface area contributed by atoms with Crippen LogP contribution in [0.2, 0.25) is 0 Å². The van der Waals surface area contributed by atoms with Gasteiger partial charge in [-0.1, -0.05) is 32.0 Å². The molecule has 0 saturated carbocycles. The van der Waals surface area contributed by atoms with Crippen LogP contribution in [0.3, 0.4) is 0 Å². The van der Waals surface area contributed by atoms with Crippen molar-refractivity contribution in [3.8, 4) is 0 Å². The number of likely N-dealkylation sites (N-methyl/N-ethyl adjacent to an activating group) is 1. The summed E-state index contributed by atoms with van der Waals surface area (Å²) in [6.45, 7) is 5.92. The van der Waals surface area contributed by atoms with Crippen LogP contribution in [-0.2, 0) is 11.2 Å². The van der Waals surface area contributed by atoms with Crippen molar-refractivity contribution in [1.82, 2.24) is 5.32 Å². The molecule has 1 N–H and O–H groups in total. The molecule has 0 aliphatic carbocycles. The molecule has 2 atom stereocenters. The zero-order chi connectivity index (χ0) is 13.4. The van der Waals surface area contributed by atoms with Crippen LogP contribution in [0.1, 0.15) is 25.8 Å². The molecule has 0 bridgehead atoms. The van der Waals surface area contributed by atoms with Crippen molar-refractivity contribution in [2.75, 3.05) is 20.3 Å². The second kappa shape index (κ2) is 8.22. The largest absolute Gasteiger partial charge is 0.385 e. The van der Waals surface area contributed by atoms with Crippen molar-refractivity contribution in [2.45, 2.75) is 32.7 Å². The molecule has 0 radical (unpaired) electrons. The van der Waals surface area contributed by atoms with Crippen LogP contribution in [0, 0.1) is 11.7 Å². The molecule has 0 saturated heterocycles. The summed E-state index contributed by atoms with van der Waals surface area (Å²) in [4.78, 5) is 0. The van der Waals surface area contributed by atoms with Crippen LogP contribution >= 0.6 is 0 Å². The summed E-state index contributed by atoms with van der Waals surface area (Å²) in [7, 11) is 1.71. The van der Waals surface area contributed by atoms with Crippen LogP contribution in [0.5, 0.6) is 0 Å². The molecule has 0 aliphatic heterocycles. The molecular formula is C15H24FNO. The Bertz CT molecular complexity index is 343. The molecule has 18 heavy (non-hydrogen) atoms. The van der Waals surface area contributed by atoms with Gasteiger partial charge in [-0.2, -0.15) is 0 Å². The fourth-order valence-electron chi connectivity index (χ4n) is 2.14. The van der Waals surface area contributed by atoms with E-state index in [4.69, 9.17) is 4.74 Å². The molecule has 3 heteroatoms. The first-order chi connectivity index (χ1) is 8.69. The molecule has 0 heterocycles. The van der Waals surface area contributed by atoms with E-state index in [1.807, 2.05) is 12.1 Å². The first kappa shape index (κ1) is 15.1. The summed E-state index contributed by atoms with van der Waals surface area (Å²) in [5.41, 5.74) is 0.785. The predicted molar refractivity (Wildman–Crippen MR) is 73.2 cm³/mol. The summed E-state index contributed by atoms with van der Waals surface area (Å²) >= 11 is 0. The van der Waals surface area contributed by atoms with Gasteiger partial charge in [0.1, 0.15) is 5.82 Å². The maximum atomic E-state index is 13.7. The van der Waals surface area contributed by atoms with Gasteiger partial charge >= 0.3 is 0 Å². The van der Waals surface area contributed by atoms with Gasteiger partial charge in [0.2, 0.25) is 0 Å². The van der Waals surface area contributed by atoms with E-state index < -0.39 is 0 Å². The normalized spacial score (nSPS) is 14.4. The molecule has 1 rings (SSSR count). The van der Waals surface area contributed by atoms with Gasteiger partial charge in [-0.05, 0) is 36.9 Å². The lowest BCUT2D eigenvalue weighted by Crippen LogP contribution is -2.37. The molecule has 0 spiro atoms. The van der Waals surface area contributed by atoms with Gasteiger partial charge in [-0.15, -0.1) is 0 Å². The van der Waals surface area contributed by atoms with E-state index in [0.717, 1.165) is 31.6 Å². The summed E-state index contributed by atoms with van der Waals surface area (Å²) in [6.07, 6.45) is 1.72. The Morgan fingerprint density at radius 2 is 2.06 bits per heavy atom. The third kappa shape index (κ3) is 4.75. The highest BCUT2D eigenvalue weighted by molar-refractivity contribution is 5.18. The lowest BCUT2D eigenvalue weighted by molar-refractivity contribution is 0.170. The maximum absolute atomic E-state index is 13.7. The van der Waals surface area contributed by atoms with E-state index in [1.165, 1.54) is 6.07 Å². The SMILES string of the molecule is CCNC(Cc1ccccc1F)C(C)CCOC. The molecule has 102 valence electrons. The molecule has 1 aromatic carbocycles. The molecule has 2 unspecified atom stereocenters. The average Bonchev–Trinajstić information content (AvgIpc) is 2.38. The van der Waals surface area contributed by atoms with Crippen molar-refractivity contribution in [2.24, 2.45) is 5.92 Å². The zero-order valence-electron chi connectivity index (χ0n) is 11.6. The Hall–Kier alpha value is -0.930. The van der Waals surface area contributed by atoms with Gasteiger partial charge < -0.3 is 10.1 Å². The number of nitrogens with one attached hydrogen (secondary N) is 1. The lowest BCUT2D eigenvalue weighted by Gasteiger charge is -2.25. The van der Waals surface area contributed by atoms with E-state index in [0.29, 0.717) is 12.0 Å². The third-order valence-electron chi connectivity index (χ3n) is 3.33. The lowest BCUT2D eigenvalue weighted by atomic mass is 9.92. The van der Waals surface area contributed by atoms with Crippen LogP contribution < -0.4 is 5.32 Å². The van der Waals surface area contributed by atoms with Crippen molar-refractivity contribution < 1.29 is 9.13 Å². The van der Waals surface area contributed by atoms with Gasteiger partial charge in [-0.25, -0.2) is 4.39 Å². The number of rotatable bonds is 8. The minimum atomic E-state index is -0.112. The summed E-state index contributed by atoms with van der Waals surface area (Å²) in [5.74, 6) is 0.351. The number of methoxy groups -OCH3 is 1. The van der Waals surface area contributed by atoms with Crippen molar-refractivity contribution >= 4 is 0 Å². The Morgan fingerprint density at radius 1 is 1.33 bits per heavy atom. The monoisotopic (exact) mass is 253 g/mol. The number of hydrogen-bond acceptors (Lipinski definition) is 2. The van der Waals surface area contributed by atoms with Gasteiger partial charge in [0.25, 0.3) is 0 Å². The molecule has 0 fully saturated rings. The molecular weight excluding hydrogens is 229 g/mol. The number of benzene rings is 1. The molecule has 0 aliphatic rings. The number of halogens is 1. The quantitative estimate of drug-likeness (QED) is 0.769. The van der Waals surface area contributed by atoms with Gasteiger partial charge in [-0.3, -0.25) is 0 Å². The number of ether oxygens (including phenoxy) is 1. The smallest absolute Gasteiger partial charge is 0.126 e. The predicted octanol–water partition coefficient (Wildman–Crippen LogP) is 3.02. The highest BCUT2D eigenvalue weighted by Gasteiger charge is 2.17. The highest BCUT2D eigenvalue weighted by Crippen LogP contribution is 2.16. The van der Waals surface area contributed by atoms with Gasteiger partial charge in [0, 0.05) is 19.8 Å². The van der Waals surface area contributed by atoms with Crippen molar-refractivity contribution in [3.63, 3.8) is 0 Å². The summed E-state index contributed by atoms with van der Waals surface area (Å²) in [5, 5.41) is 3.44. The van der Waals surface area contributed by atoms with Gasteiger partial charge in [0.15, 0.2) is 0 Å². The summed E-state index contributed by atoms with van der Waals surface area (Å²) in [6, 6.07) is 7.31. The summed E-state index contributed by atoms with van der Waals surface area (Å²) < 4.78 is 18.8. The Balaban J connectivity index is 2.64. The topological polar surface area (TPSA) is 21.3 Å². The Morgan fingerprint density at radius 3 is 2.67 bits per heavy atom. The fourth-order valence-corrected chi connectivity index (χ4v) is 2.14. The zero-order valence-corrected chi connectivity index (χ0v) is 11.6. The van der Waals surface area contributed by atoms with E-state index >= 15 is 0 Å². The minimum absolute atomic E-state index is 0.112. The van der Waals surface area contributed by atoms with Crippen LogP contribution in [0.15, 0.2) is 24.3 Å². The standard InChI is InChI=1S/C15H24FNO/c1-4-17-15(12(2)9-10-18-3)11-13-7-5-6-8-14(13)16/h5-8,12,15,17H,4,9-11H2,1-3H3. The first-order valence-electron chi connectivity index (χ1n) is 6.64. The minimum Gasteiger partial charge on any atom is -0.385 e. The fraction of sp³-hybridized carbons (Fsp3) is 0.600. The molecule has 1 aromatic rings. The number of hydrogen-bond donors (Lipinski definition) is 1. The maximum Gasteiger partial charge on any atom is 0.126 e. The third-order valence-corrected chi connectivity index (χ3v) is 3.33. The second-order valence-electron chi connectivity index (χ2n) is 4.72. The Labute approximate surface area is 110 Å². The highest BCUT2D eigenvalue weighted by atomic mass is 19.1. The van der Waals surface area contributed by atoms with E-state index in [9.17, 15) is 4.39 Å². The first-order valence-corrected chi connectivity index (χ1v) is 6.64. The molecule has 0 aromatic heterocycles.